The largest absolute Gasteiger partial charge is 0.303 e. The van der Waals surface area contributed by atoms with E-state index in [1.54, 1.807) is 23.5 Å². The van der Waals surface area contributed by atoms with Crippen LogP contribution in [0.1, 0.15) is 36.4 Å². The summed E-state index contributed by atoms with van der Waals surface area (Å²) in [6.45, 7) is 4.15. The Morgan fingerprint density at radius 3 is 2.24 bits per heavy atom. The number of primary sulfonamides is 1. The van der Waals surface area contributed by atoms with Crippen molar-refractivity contribution in [3.8, 4) is 0 Å². The van der Waals surface area contributed by atoms with Gasteiger partial charge in [-0.05, 0) is 58.9 Å². The molecule has 0 saturated carbocycles. The van der Waals surface area contributed by atoms with Crippen LogP contribution in [0.2, 0.25) is 0 Å². The molecule has 7 heteroatoms. The number of halogens is 1. The first kappa shape index (κ1) is 16.6. The van der Waals surface area contributed by atoms with Gasteiger partial charge in [0.1, 0.15) is 0 Å². The van der Waals surface area contributed by atoms with Crippen molar-refractivity contribution in [2.45, 2.75) is 30.8 Å². The van der Waals surface area contributed by atoms with E-state index >= 15 is 0 Å². The van der Waals surface area contributed by atoms with Crippen molar-refractivity contribution in [3.63, 3.8) is 0 Å². The number of thiophene rings is 1. The third-order valence-corrected chi connectivity index (χ3v) is 6.23. The molecule has 0 aliphatic carbocycles. The van der Waals surface area contributed by atoms with E-state index in [1.165, 1.54) is 17.0 Å². The zero-order chi connectivity index (χ0) is 15.6. The summed E-state index contributed by atoms with van der Waals surface area (Å²) in [6, 6.07) is 8.98. The fourth-order valence-electron chi connectivity index (χ4n) is 2.11. The number of hydrogen-bond acceptors (Lipinski definition) is 4. The fourth-order valence-corrected chi connectivity index (χ4v) is 4.36. The Balaban J connectivity index is 2.10. The van der Waals surface area contributed by atoms with Gasteiger partial charge >= 0.3 is 0 Å². The second-order valence-electron chi connectivity index (χ2n) is 4.86. The summed E-state index contributed by atoms with van der Waals surface area (Å²) in [6.07, 6.45) is 0. The first-order valence-electron chi connectivity index (χ1n) is 6.40. The van der Waals surface area contributed by atoms with Gasteiger partial charge in [-0.25, -0.2) is 13.6 Å². The third kappa shape index (κ3) is 4.14. The predicted molar refractivity (Wildman–Crippen MR) is 89.8 cm³/mol. The predicted octanol–water partition coefficient (Wildman–Crippen LogP) is 3.57. The van der Waals surface area contributed by atoms with Gasteiger partial charge in [-0.1, -0.05) is 12.1 Å². The lowest BCUT2D eigenvalue weighted by Crippen LogP contribution is -2.22. The lowest BCUT2D eigenvalue weighted by Gasteiger charge is -2.20. The molecule has 1 aromatic heterocycles. The molecule has 1 heterocycles. The Labute approximate surface area is 137 Å². The van der Waals surface area contributed by atoms with Crippen molar-refractivity contribution in [1.82, 2.24) is 5.32 Å². The minimum Gasteiger partial charge on any atom is -0.303 e. The standard InChI is InChI=1S/C14H17BrN2O2S2/c1-9(17-10(2)14-13(15)7-8-20-14)11-3-5-12(6-4-11)21(16,18)19/h3-10,17H,1-2H3,(H2,16,18,19). The van der Waals surface area contributed by atoms with E-state index in [1.807, 2.05) is 18.4 Å². The van der Waals surface area contributed by atoms with Crippen LogP contribution < -0.4 is 10.5 Å². The van der Waals surface area contributed by atoms with Crippen LogP contribution >= 0.6 is 27.3 Å². The molecule has 21 heavy (non-hydrogen) atoms. The van der Waals surface area contributed by atoms with E-state index in [9.17, 15) is 8.42 Å². The highest BCUT2D eigenvalue weighted by molar-refractivity contribution is 9.10. The minimum atomic E-state index is -3.63. The lowest BCUT2D eigenvalue weighted by molar-refractivity contribution is 0.499. The van der Waals surface area contributed by atoms with Crippen LogP contribution in [-0.2, 0) is 10.0 Å². The molecule has 2 rings (SSSR count). The normalized spacial score (nSPS) is 14.9. The Hall–Kier alpha value is -0.730. The molecule has 0 fully saturated rings. The van der Waals surface area contributed by atoms with Gasteiger partial charge in [-0.2, -0.15) is 0 Å². The Morgan fingerprint density at radius 1 is 1.14 bits per heavy atom. The summed E-state index contributed by atoms with van der Waals surface area (Å²) in [5.41, 5.74) is 1.02. The van der Waals surface area contributed by atoms with Gasteiger partial charge in [-0.15, -0.1) is 11.3 Å². The van der Waals surface area contributed by atoms with Gasteiger partial charge in [0.2, 0.25) is 10.0 Å². The second-order valence-corrected chi connectivity index (χ2v) is 8.22. The van der Waals surface area contributed by atoms with E-state index in [2.05, 4.69) is 28.2 Å². The van der Waals surface area contributed by atoms with Crippen molar-refractivity contribution in [1.29, 1.82) is 0 Å². The van der Waals surface area contributed by atoms with Crippen LogP contribution in [0.5, 0.6) is 0 Å². The highest BCUT2D eigenvalue weighted by atomic mass is 79.9. The van der Waals surface area contributed by atoms with Crippen LogP contribution in [0, 0.1) is 0 Å². The van der Waals surface area contributed by atoms with Crippen LogP contribution in [0.25, 0.3) is 0 Å². The van der Waals surface area contributed by atoms with Crippen LogP contribution in [0.4, 0.5) is 0 Å². The van der Waals surface area contributed by atoms with E-state index in [-0.39, 0.29) is 17.0 Å². The minimum absolute atomic E-state index is 0.100. The van der Waals surface area contributed by atoms with Gasteiger partial charge in [0, 0.05) is 21.4 Å². The smallest absolute Gasteiger partial charge is 0.238 e. The number of nitrogens with one attached hydrogen (secondary N) is 1. The van der Waals surface area contributed by atoms with Gasteiger partial charge < -0.3 is 5.32 Å². The first-order chi connectivity index (χ1) is 9.79. The van der Waals surface area contributed by atoms with Crippen molar-refractivity contribution in [2.24, 2.45) is 5.14 Å². The molecule has 114 valence electrons. The zero-order valence-corrected chi connectivity index (χ0v) is 14.9. The van der Waals surface area contributed by atoms with Crippen molar-refractivity contribution >= 4 is 37.3 Å². The maximum absolute atomic E-state index is 11.2. The molecule has 0 radical (unpaired) electrons. The average molecular weight is 389 g/mol. The monoisotopic (exact) mass is 388 g/mol. The van der Waals surface area contributed by atoms with Crippen molar-refractivity contribution < 1.29 is 8.42 Å². The van der Waals surface area contributed by atoms with E-state index < -0.39 is 10.0 Å². The summed E-state index contributed by atoms with van der Waals surface area (Å²) < 4.78 is 23.6. The van der Waals surface area contributed by atoms with Crippen molar-refractivity contribution in [3.05, 3.63) is 50.6 Å². The molecule has 0 aliphatic rings. The highest BCUT2D eigenvalue weighted by Gasteiger charge is 2.15. The van der Waals surface area contributed by atoms with Gasteiger partial charge in [-0.3, -0.25) is 0 Å². The Bertz CT molecular complexity index is 711. The molecule has 4 nitrogen and oxygen atoms in total. The molecular weight excluding hydrogens is 372 g/mol. The molecule has 0 spiro atoms. The number of rotatable bonds is 5. The molecule has 2 unspecified atom stereocenters. The highest BCUT2D eigenvalue weighted by Crippen LogP contribution is 2.30. The average Bonchev–Trinajstić information content (AvgIpc) is 2.84. The molecule has 0 bridgehead atoms. The fraction of sp³-hybridized carbons (Fsp3) is 0.286. The lowest BCUT2D eigenvalue weighted by atomic mass is 10.1. The SMILES string of the molecule is CC(NC(C)c1sccc1Br)c1ccc(S(N)(=O)=O)cc1. The molecule has 1 aromatic carbocycles. The van der Waals surface area contributed by atoms with Gasteiger partial charge in [0.05, 0.1) is 4.90 Å². The molecule has 0 saturated heterocycles. The van der Waals surface area contributed by atoms with Gasteiger partial charge in [0.15, 0.2) is 0 Å². The third-order valence-electron chi connectivity index (χ3n) is 3.25. The summed E-state index contributed by atoms with van der Waals surface area (Å²) in [5.74, 6) is 0. The van der Waals surface area contributed by atoms with Crippen LogP contribution in [-0.4, -0.2) is 8.42 Å². The van der Waals surface area contributed by atoms with Crippen LogP contribution in [0.15, 0.2) is 45.1 Å². The first-order valence-corrected chi connectivity index (χ1v) is 9.62. The summed E-state index contributed by atoms with van der Waals surface area (Å²) in [5, 5.41) is 10.6. The molecule has 3 N–H and O–H groups in total. The summed E-state index contributed by atoms with van der Waals surface area (Å²) >= 11 is 5.23. The maximum Gasteiger partial charge on any atom is 0.238 e. The number of hydrogen-bond donors (Lipinski definition) is 2. The number of benzene rings is 1. The Kier molecular flexibility index (Phi) is 5.21. The zero-order valence-electron chi connectivity index (χ0n) is 11.7. The number of nitrogens with two attached hydrogens (primary N) is 1. The second kappa shape index (κ2) is 6.58. The molecule has 0 aliphatic heterocycles. The van der Waals surface area contributed by atoms with E-state index in [0.29, 0.717) is 0 Å². The van der Waals surface area contributed by atoms with Crippen molar-refractivity contribution in [2.75, 3.05) is 0 Å². The van der Waals surface area contributed by atoms with E-state index in [0.717, 1.165) is 10.0 Å². The molecule has 2 aromatic rings. The summed E-state index contributed by atoms with van der Waals surface area (Å²) in [4.78, 5) is 1.37. The van der Waals surface area contributed by atoms with Gasteiger partial charge in [0.25, 0.3) is 0 Å². The Morgan fingerprint density at radius 2 is 1.76 bits per heavy atom. The number of sulfonamides is 1. The quantitative estimate of drug-likeness (QED) is 0.821. The molecule has 2 atom stereocenters. The van der Waals surface area contributed by atoms with E-state index in [4.69, 9.17) is 5.14 Å². The molecular formula is C14H17BrN2O2S2. The summed E-state index contributed by atoms with van der Waals surface area (Å²) in [7, 11) is -3.63. The maximum atomic E-state index is 11.2. The molecule has 0 amide bonds. The van der Waals surface area contributed by atoms with Crippen LogP contribution in [0.3, 0.4) is 0 Å². The topological polar surface area (TPSA) is 72.2 Å².